The molecule has 4 rings (SSSR count). The highest BCUT2D eigenvalue weighted by Crippen LogP contribution is 2.36. The Kier molecular flexibility index (Phi) is 12.0. The average Bonchev–Trinajstić information content (AvgIpc) is 3.02. The van der Waals surface area contributed by atoms with Crippen LogP contribution in [-0.2, 0) is 11.4 Å². The molecular formula is C33H31BrClN3O6. The van der Waals surface area contributed by atoms with E-state index in [9.17, 15) is 9.59 Å². The van der Waals surface area contributed by atoms with Gasteiger partial charge in [0.1, 0.15) is 6.61 Å². The molecule has 0 fully saturated rings. The second kappa shape index (κ2) is 16.3. The largest absolute Gasteiger partial charge is 0.490 e. The van der Waals surface area contributed by atoms with Crippen molar-refractivity contribution < 1.29 is 28.5 Å². The first-order valence-corrected chi connectivity index (χ1v) is 14.9. The highest BCUT2D eigenvalue weighted by atomic mass is 79.9. The van der Waals surface area contributed by atoms with Gasteiger partial charge in [-0.25, -0.2) is 5.43 Å². The van der Waals surface area contributed by atoms with Crippen LogP contribution in [0.4, 0.5) is 5.69 Å². The number of hydrogen-bond acceptors (Lipinski definition) is 7. The van der Waals surface area contributed by atoms with Crippen LogP contribution in [0.5, 0.6) is 23.0 Å². The number of nitrogens with zero attached hydrogens (tertiary/aromatic N) is 1. The normalized spacial score (nSPS) is 10.7. The van der Waals surface area contributed by atoms with Crippen LogP contribution in [0.3, 0.4) is 0 Å². The van der Waals surface area contributed by atoms with Gasteiger partial charge in [0.2, 0.25) is 0 Å². The molecule has 0 bridgehead atoms. The summed E-state index contributed by atoms with van der Waals surface area (Å²) >= 11 is 9.38. The molecule has 0 aromatic heterocycles. The molecule has 228 valence electrons. The van der Waals surface area contributed by atoms with Gasteiger partial charge in [-0.15, -0.1) is 0 Å². The van der Waals surface area contributed by atoms with E-state index in [1.165, 1.54) is 6.21 Å². The summed E-state index contributed by atoms with van der Waals surface area (Å²) < 4.78 is 23.7. The number of ether oxygens (including phenoxy) is 4. The first kappa shape index (κ1) is 32.4. The first-order valence-electron chi connectivity index (χ1n) is 13.8. The van der Waals surface area contributed by atoms with E-state index in [-0.39, 0.29) is 12.5 Å². The van der Waals surface area contributed by atoms with E-state index in [4.69, 9.17) is 30.5 Å². The molecule has 0 radical (unpaired) electrons. The van der Waals surface area contributed by atoms with E-state index in [1.807, 2.05) is 44.2 Å². The van der Waals surface area contributed by atoms with Gasteiger partial charge in [0, 0.05) is 16.3 Å². The molecule has 11 heteroatoms. The number of halogens is 2. The third kappa shape index (κ3) is 9.48. The zero-order valence-electron chi connectivity index (χ0n) is 24.1. The number of carbonyl (C=O) groups excluding carboxylic acids is 2. The van der Waals surface area contributed by atoms with Crippen molar-refractivity contribution in [2.75, 3.05) is 25.1 Å². The van der Waals surface area contributed by atoms with Gasteiger partial charge in [0.15, 0.2) is 29.6 Å². The molecule has 0 saturated carbocycles. The minimum absolute atomic E-state index is 0.245. The average molecular weight is 681 g/mol. The maximum Gasteiger partial charge on any atom is 0.271 e. The van der Waals surface area contributed by atoms with Gasteiger partial charge in [-0.2, -0.15) is 5.10 Å². The molecule has 0 atom stereocenters. The standard InChI is InChI=1S/C33H31BrClN3O6/c1-3-41-29-18-24(10-15-28(29)43-20-22-8-6-5-7-9-22)33(40)38-36-19-23-16-27(34)32(30(17-23)42-4-2)44-21-31(39)37-26-13-11-25(35)12-14-26/h5-19H,3-4,20-21H2,1-2H3,(H,37,39)(H,38,40)/b36-19+. The third-order valence-electron chi connectivity index (χ3n) is 5.93. The van der Waals surface area contributed by atoms with Crippen LogP contribution in [0.15, 0.2) is 94.5 Å². The summed E-state index contributed by atoms with van der Waals surface area (Å²) in [5, 5.41) is 7.42. The Bertz CT molecular complexity index is 1600. The smallest absolute Gasteiger partial charge is 0.271 e. The molecule has 9 nitrogen and oxygen atoms in total. The summed E-state index contributed by atoms with van der Waals surface area (Å²) in [6, 6.07) is 24.9. The monoisotopic (exact) mass is 679 g/mol. The Morgan fingerprint density at radius 2 is 1.57 bits per heavy atom. The maximum atomic E-state index is 12.8. The van der Waals surface area contributed by atoms with Crippen LogP contribution in [0.25, 0.3) is 0 Å². The van der Waals surface area contributed by atoms with Gasteiger partial charge < -0.3 is 24.3 Å². The molecule has 0 saturated heterocycles. The minimum Gasteiger partial charge on any atom is -0.490 e. The molecule has 0 aliphatic rings. The van der Waals surface area contributed by atoms with Gasteiger partial charge in [-0.05, 0) is 95.5 Å². The highest BCUT2D eigenvalue weighted by Gasteiger charge is 2.15. The molecule has 4 aromatic rings. The summed E-state index contributed by atoms with van der Waals surface area (Å²) in [6.07, 6.45) is 1.48. The Balaban J connectivity index is 1.38. The summed E-state index contributed by atoms with van der Waals surface area (Å²) in [6.45, 7) is 4.60. The number of hydrogen-bond donors (Lipinski definition) is 2. The van der Waals surface area contributed by atoms with E-state index in [1.54, 1.807) is 54.6 Å². The van der Waals surface area contributed by atoms with Crippen LogP contribution in [-0.4, -0.2) is 37.8 Å². The van der Waals surface area contributed by atoms with Crippen LogP contribution >= 0.6 is 27.5 Å². The topological polar surface area (TPSA) is 107 Å². The van der Waals surface area contributed by atoms with Gasteiger partial charge in [0.25, 0.3) is 11.8 Å². The van der Waals surface area contributed by atoms with E-state index < -0.39 is 5.91 Å². The summed E-state index contributed by atoms with van der Waals surface area (Å²) in [5.41, 5.74) is 5.13. The number of rotatable bonds is 14. The Morgan fingerprint density at radius 3 is 2.30 bits per heavy atom. The van der Waals surface area contributed by atoms with Gasteiger partial charge in [0.05, 0.1) is 23.9 Å². The molecule has 4 aromatic carbocycles. The second-order valence-electron chi connectivity index (χ2n) is 9.17. The highest BCUT2D eigenvalue weighted by molar-refractivity contribution is 9.10. The molecule has 0 unspecified atom stereocenters. The van der Waals surface area contributed by atoms with Crippen molar-refractivity contribution in [3.8, 4) is 23.0 Å². The molecule has 0 heterocycles. The van der Waals surface area contributed by atoms with E-state index in [2.05, 4.69) is 31.8 Å². The fourth-order valence-corrected chi connectivity index (χ4v) is 4.64. The third-order valence-corrected chi connectivity index (χ3v) is 6.77. The van der Waals surface area contributed by atoms with E-state index >= 15 is 0 Å². The summed E-state index contributed by atoms with van der Waals surface area (Å²) in [5.74, 6) is 0.987. The number of anilines is 1. The summed E-state index contributed by atoms with van der Waals surface area (Å²) in [4.78, 5) is 25.3. The van der Waals surface area contributed by atoms with Crippen molar-refractivity contribution in [2.24, 2.45) is 5.10 Å². The SMILES string of the molecule is CCOc1cc(C(=O)N/N=C/c2cc(Br)c(OCC(=O)Nc3ccc(Cl)cc3)c(OCC)c2)ccc1OCc1ccccc1. The lowest BCUT2D eigenvalue weighted by Crippen LogP contribution is -2.20. The second-order valence-corrected chi connectivity index (χ2v) is 10.5. The van der Waals surface area contributed by atoms with Gasteiger partial charge >= 0.3 is 0 Å². The number of amides is 2. The number of carbonyl (C=O) groups is 2. The fourth-order valence-electron chi connectivity index (χ4n) is 3.94. The van der Waals surface area contributed by atoms with Crippen LogP contribution in [0.1, 0.15) is 35.3 Å². The lowest BCUT2D eigenvalue weighted by molar-refractivity contribution is -0.118. The van der Waals surface area contributed by atoms with Gasteiger partial charge in [-0.3, -0.25) is 9.59 Å². The molecule has 0 aliphatic heterocycles. The van der Waals surface area contributed by atoms with Crippen molar-refractivity contribution >= 4 is 51.2 Å². The van der Waals surface area contributed by atoms with Crippen LogP contribution < -0.4 is 29.7 Å². The Morgan fingerprint density at radius 1 is 0.841 bits per heavy atom. The Hall–Kier alpha value is -4.54. The van der Waals surface area contributed by atoms with Crippen molar-refractivity contribution in [1.29, 1.82) is 0 Å². The number of benzene rings is 4. The van der Waals surface area contributed by atoms with E-state index in [0.29, 0.717) is 69.1 Å². The van der Waals surface area contributed by atoms with Gasteiger partial charge in [-0.1, -0.05) is 41.9 Å². The van der Waals surface area contributed by atoms with Crippen molar-refractivity contribution in [1.82, 2.24) is 5.43 Å². The number of nitrogens with one attached hydrogen (secondary N) is 2. The lowest BCUT2D eigenvalue weighted by atomic mass is 10.2. The maximum absolute atomic E-state index is 12.8. The minimum atomic E-state index is -0.424. The molecular weight excluding hydrogens is 650 g/mol. The fraction of sp³-hybridized carbons (Fsp3) is 0.182. The van der Waals surface area contributed by atoms with Crippen molar-refractivity contribution in [3.05, 3.63) is 111 Å². The van der Waals surface area contributed by atoms with Crippen molar-refractivity contribution in [2.45, 2.75) is 20.5 Å². The number of hydrazone groups is 1. The Labute approximate surface area is 269 Å². The molecule has 0 aliphatic carbocycles. The summed E-state index contributed by atoms with van der Waals surface area (Å²) in [7, 11) is 0. The molecule has 2 amide bonds. The molecule has 2 N–H and O–H groups in total. The predicted molar refractivity (Wildman–Crippen MR) is 174 cm³/mol. The first-order chi connectivity index (χ1) is 21.4. The lowest BCUT2D eigenvalue weighted by Gasteiger charge is -2.14. The molecule has 44 heavy (non-hydrogen) atoms. The quantitative estimate of drug-likeness (QED) is 0.107. The van der Waals surface area contributed by atoms with Crippen LogP contribution in [0.2, 0.25) is 5.02 Å². The predicted octanol–water partition coefficient (Wildman–Crippen LogP) is 7.26. The zero-order valence-corrected chi connectivity index (χ0v) is 26.5. The van der Waals surface area contributed by atoms with Crippen molar-refractivity contribution in [3.63, 3.8) is 0 Å². The molecule has 0 spiro atoms. The van der Waals surface area contributed by atoms with E-state index in [0.717, 1.165) is 5.56 Å². The van der Waals surface area contributed by atoms with Crippen LogP contribution in [0, 0.1) is 0 Å². The zero-order chi connectivity index (χ0) is 31.3.